The Hall–Kier alpha value is -2.67. The lowest BCUT2D eigenvalue weighted by Crippen LogP contribution is -2.18. The molecule has 0 spiro atoms. The lowest BCUT2D eigenvalue weighted by Gasteiger charge is -2.16. The van der Waals surface area contributed by atoms with Crippen LogP contribution < -0.4 is 10.9 Å². The van der Waals surface area contributed by atoms with E-state index in [9.17, 15) is 4.79 Å². The second-order valence-corrected chi connectivity index (χ2v) is 6.39. The monoisotopic (exact) mass is 358 g/mol. The summed E-state index contributed by atoms with van der Waals surface area (Å²) >= 11 is 5.89. The van der Waals surface area contributed by atoms with Gasteiger partial charge in [0.2, 0.25) is 5.95 Å². The summed E-state index contributed by atoms with van der Waals surface area (Å²) in [4.78, 5) is 23.4. The van der Waals surface area contributed by atoms with Crippen molar-refractivity contribution in [2.24, 2.45) is 0 Å². The van der Waals surface area contributed by atoms with Crippen LogP contribution in [-0.4, -0.2) is 24.7 Å². The minimum atomic E-state index is -0.198. The van der Waals surface area contributed by atoms with Crippen LogP contribution in [0.3, 0.4) is 0 Å². The average molecular weight is 359 g/mol. The van der Waals surface area contributed by atoms with E-state index in [-0.39, 0.29) is 17.5 Å². The van der Waals surface area contributed by atoms with Gasteiger partial charge in [-0.1, -0.05) is 24.6 Å². The Kier molecular flexibility index (Phi) is 5.14. The molecule has 3 aromatic heterocycles. The van der Waals surface area contributed by atoms with Crippen molar-refractivity contribution in [1.82, 2.24) is 24.7 Å². The summed E-state index contributed by atoms with van der Waals surface area (Å²) in [6.45, 7) is 4.56. The highest BCUT2D eigenvalue weighted by molar-refractivity contribution is 6.30. The highest BCUT2D eigenvalue weighted by Gasteiger charge is 2.13. The van der Waals surface area contributed by atoms with Gasteiger partial charge in [-0.15, -0.1) is 0 Å². The number of aromatic nitrogens is 5. The lowest BCUT2D eigenvalue weighted by molar-refractivity contribution is 0.533. The van der Waals surface area contributed by atoms with Gasteiger partial charge in [-0.05, 0) is 18.6 Å². The molecule has 0 aliphatic carbocycles. The van der Waals surface area contributed by atoms with Crippen molar-refractivity contribution >= 4 is 17.5 Å². The summed E-state index contributed by atoms with van der Waals surface area (Å²) in [5, 5.41) is 7.96. The molecule has 0 aliphatic heterocycles. The maximum atomic E-state index is 12.0. The van der Waals surface area contributed by atoms with Crippen LogP contribution in [-0.2, 0) is 6.54 Å². The quantitative estimate of drug-likeness (QED) is 0.707. The minimum absolute atomic E-state index is 0.00696. The van der Waals surface area contributed by atoms with E-state index in [1.54, 1.807) is 29.5 Å². The molecule has 2 atom stereocenters. The fourth-order valence-corrected chi connectivity index (χ4v) is 2.69. The summed E-state index contributed by atoms with van der Waals surface area (Å²) < 4.78 is 1.74. The lowest BCUT2D eigenvalue weighted by atomic mass is 10.1. The summed E-state index contributed by atoms with van der Waals surface area (Å²) in [5.41, 5.74) is 1.50. The van der Waals surface area contributed by atoms with Crippen LogP contribution in [0, 0.1) is 0 Å². The van der Waals surface area contributed by atoms with Crippen molar-refractivity contribution in [2.75, 3.05) is 5.32 Å². The topological polar surface area (TPSA) is 88.5 Å². The second-order valence-electron chi connectivity index (χ2n) is 5.95. The van der Waals surface area contributed by atoms with Crippen molar-refractivity contribution in [3.05, 3.63) is 69.6 Å². The molecule has 7 nitrogen and oxygen atoms in total. The third kappa shape index (κ3) is 4.45. The van der Waals surface area contributed by atoms with Gasteiger partial charge in [0.1, 0.15) is 0 Å². The smallest absolute Gasteiger partial charge is 0.252 e. The van der Waals surface area contributed by atoms with Crippen molar-refractivity contribution in [1.29, 1.82) is 0 Å². The van der Waals surface area contributed by atoms with Gasteiger partial charge in [0.15, 0.2) is 0 Å². The predicted molar refractivity (Wildman–Crippen MR) is 96.8 cm³/mol. The number of anilines is 1. The molecule has 0 saturated heterocycles. The standard InChI is InChI=1S/C17H19ClN6O/c1-11(9-24-10-14(18)8-20-24)15-6-16(25)23-17(22-15)21-12(2)13-4-3-5-19-7-13/h3-8,10-12H,9H2,1-2H3,(H2,21,22,23,25)/t11-,12-/m0/s1. The van der Waals surface area contributed by atoms with E-state index < -0.39 is 0 Å². The molecular formula is C17H19ClN6O. The normalized spacial score (nSPS) is 13.4. The van der Waals surface area contributed by atoms with Crippen LogP contribution in [0.25, 0.3) is 0 Å². The summed E-state index contributed by atoms with van der Waals surface area (Å²) in [6, 6.07) is 5.32. The zero-order valence-electron chi connectivity index (χ0n) is 14.0. The Labute approximate surface area is 150 Å². The first-order valence-corrected chi connectivity index (χ1v) is 8.34. The van der Waals surface area contributed by atoms with Crippen LogP contribution in [0.15, 0.2) is 47.8 Å². The second kappa shape index (κ2) is 7.48. The van der Waals surface area contributed by atoms with Gasteiger partial charge in [-0.25, -0.2) is 4.98 Å². The zero-order valence-corrected chi connectivity index (χ0v) is 14.7. The van der Waals surface area contributed by atoms with E-state index in [0.717, 1.165) is 5.56 Å². The number of nitrogens with zero attached hydrogens (tertiary/aromatic N) is 4. The van der Waals surface area contributed by atoms with E-state index in [2.05, 4.69) is 25.4 Å². The maximum Gasteiger partial charge on any atom is 0.252 e. The number of aromatic amines is 1. The molecule has 0 amide bonds. The Balaban J connectivity index is 1.77. The molecule has 3 heterocycles. The van der Waals surface area contributed by atoms with E-state index in [0.29, 0.717) is 23.2 Å². The average Bonchev–Trinajstić information content (AvgIpc) is 3.00. The first-order chi connectivity index (χ1) is 12.0. The molecule has 0 aromatic carbocycles. The van der Waals surface area contributed by atoms with Crippen molar-refractivity contribution in [3.8, 4) is 0 Å². The third-order valence-corrected chi connectivity index (χ3v) is 4.06. The maximum absolute atomic E-state index is 12.0. The largest absolute Gasteiger partial charge is 0.349 e. The Morgan fingerprint density at radius 2 is 2.20 bits per heavy atom. The zero-order chi connectivity index (χ0) is 17.8. The predicted octanol–water partition coefficient (Wildman–Crippen LogP) is 2.99. The minimum Gasteiger partial charge on any atom is -0.349 e. The molecule has 25 heavy (non-hydrogen) atoms. The molecule has 0 aliphatic rings. The molecule has 130 valence electrons. The van der Waals surface area contributed by atoms with Crippen LogP contribution in [0.1, 0.15) is 37.1 Å². The van der Waals surface area contributed by atoms with Crippen LogP contribution in [0.4, 0.5) is 5.95 Å². The SMILES string of the molecule is C[C@H](Nc1nc([C@@H](C)Cn2cc(Cl)cn2)cc(=O)[nH]1)c1cccnc1. The van der Waals surface area contributed by atoms with Gasteiger partial charge in [0.05, 0.1) is 23.0 Å². The third-order valence-electron chi connectivity index (χ3n) is 3.87. The summed E-state index contributed by atoms with van der Waals surface area (Å²) in [5.74, 6) is 0.441. The molecule has 8 heteroatoms. The van der Waals surface area contributed by atoms with E-state index in [4.69, 9.17) is 11.6 Å². The number of rotatable bonds is 6. The van der Waals surface area contributed by atoms with Crippen molar-refractivity contribution in [2.45, 2.75) is 32.4 Å². The van der Waals surface area contributed by atoms with Gasteiger partial charge < -0.3 is 5.32 Å². The summed E-state index contributed by atoms with van der Waals surface area (Å²) in [6.07, 6.45) is 6.83. The fourth-order valence-electron chi connectivity index (χ4n) is 2.53. The van der Waals surface area contributed by atoms with Crippen LogP contribution in [0.5, 0.6) is 0 Å². The van der Waals surface area contributed by atoms with Crippen molar-refractivity contribution < 1.29 is 0 Å². The van der Waals surface area contributed by atoms with Gasteiger partial charge in [-0.2, -0.15) is 5.10 Å². The number of nitrogens with one attached hydrogen (secondary N) is 2. The molecule has 0 saturated carbocycles. The number of pyridine rings is 1. The Bertz CT molecular complexity index is 891. The fraction of sp³-hybridized carbons (Fsp3) is 0.294. The molecule has 0 bridgehead atoms. The number of hydrogen-bond acceptors (Lipinski definition) is 5. The van der Waals surface area contributed by atoms with E-state index in [1.807, 2.05) is 26.0 Å². The molecule has 0 fully saturated rings. The Morgan fingerprint density at radius 3 is 2.88 bits per heavy atom. The molecular weight excluding hydrogens is 340 g/mol. The number of hydrogen-bond donors (Lipinski definition) is 2. The van der Waals surface area contributed by atoms with Gasteiger partial charge in [0.25, 0.3) is 5.56 Å². The van der Waals surface area contributed by atoms with Crippen LogP contribution in [0.2, 0.25) is 5.02 Å². The van der Waals surface area contributed by atoms with Crippen molar-refractivity contribution in [3.63, 3.8) is 0 Å². The van der Waals surface area contributed by atoms with Gasteiger partial charge >= 0.3 is 0 Å². The van der Waals surface area contributed by atoms with Crippen LogP contribution >= 0.6 is 11.6 Å². The summed E-state index contributed by atoms with van der Waals surface area (Å²) in [7, 11) is 0. The molecule has 0 unspecified atom stereocenters. The Morgan fingerprint density at radius 1 is 1.36 bits per heavy atom. The van der Waals surface area contributed by atoms with Gasteiger partial charge in [-0.3, -0.25) is 19.4 Å². The molecule has 2 N–H and O–H groups in total. The van der Waals surface area contributed by atoms with E-state index >= 15 is 0 Å². The molecule has 3 aromatic rings. The van der Waals surface area contributed by atoms with E-state index in [1.165, 1.54) is 6.07 Å². The highest BCUT2D eigenvalue weighted by atomic mass is 35.5. The first kappa shape index (κ1) is 17.2. The molecule has 0 radical (unpaired) electrons. The highest BCUT2D eigenvalue weighted by Crippen LogP contribution is 2.18. The van der Waals surface area contributed by atoms with Gasteiger partial charge in [0, 0.05) is 37.1 Å². The number of halogens is 1. The molecule has 3 rings (SSSR count). The number of H-pyrrole nitrogens is 1. The first-order valence-electron chi connectivity index (χ1n) is 7.97.